The van der Waals surface area contributed by atoms with Crippen LogP contribution in [0.5, 0.6) is 0 Å². The Balaban J connectivity index is 1.47. The predicted molar refractivity (Wildman–Crippen MR) is 95.1 cm³/mol. The topological polar surface area (TPSA) is 84.0 Å². The number of nitrogens with zero attached hydrogens (tertiary/aromatic N) is 5. The molecule has 2 aromatic heterocycles. The van der Waals surface area contributed by atoms with Crippen molar-refractivity contribution in [3.05, 3.63) is 21.7 Å². The SMILES string of the molecule is O=C(C1CCN(c2nc3sccn3c2[N+](=O)[O-])CC1)N1CCCCC1. The molecule has 0 bridgehead atoms. The maximum atomic E-state index is 12.7. The molecule has 0 spiro atoms. The van der Waals surface area contributed by atoms with E-state index in [2.05, 4.69) is 4.98 Å². The molecule has 9 heteroatoms. The fourth-order valence-electron chi connectivity index (χ4n) is 3.85. The van der Waals surface area contributed by atoms with Gasteiger partial charge in [0.25, 0.3) is 4.96 Å². The Kier molecular flexibility index (Phi) is 4.32. The smallest absolute Gasteiger partial charge is 0.358 e. The molecule has 134 valence electrons. The number of piperidine rings is 2. The van der Waals surface area contributed by atoms with Crippen LogP contribution in [0.3, 0.4) is 0 Å². The van der Waals surface area contributed by atoms with E-state index in [-0.39, 0.29) is 22.6 Å². The van der Waals surface area contributed by atoms with Gasteiger partial charge in [0.2, 0.25) is 11.7 Å². The Hall–Kier alpha value is -2.16. The second-order valence-electron chi connectivity index (χ2n) is 6.72. The third-order valence-electron chi connectivity index (χ3n) is 5.20. The molecule has 1 amide bonds. The number of carbonyl (C=O) groups is 1. The van der Waals surface area contributed by atoms with Gasteiger partial charge < -0.3 is 19.9 Å². The summed E-state index contributed by atoms with van der Waals surface area (Å²) in [6.07, 6.45) is 6.56. The standard InChI is InChI=1S/C16H21N5O3S/c22-15(19-6-2-1-3-7-19)12-4-8-18(9-5-12)13-14(21(23)24)20-10-11-25-16(20)17-13/h10-12H,1-9H2. The molecular formula is C16H21N5O3S. The van der Waals surface area contributed by atoms with Crippen LogP contribution in [0.15, 0.2) is 11.6 Å². The summed E-state index contributed by atoms with van der Waals surface area (Å²) in [5.41, 5.74) is 0. The lowest BCUT2D eigenvalue weighted by Crippen LogP contribution is -2.44. The first kappa shape index (κ1) is 16.3. The minimum Gasteiger partial charge on any atom is -0.358 e. The van der Waals surface area contributed by atoms with Crippen LogP contribution in [0.2, 0.25) is 0 Å². The number of nitro groups is 1. The first-order chi connectivity index (χ1) is 12.1. The van der Waals surface area contributed by atoms with Gasteiger partial charge in [0.15, 0.2) is 0 Å². The van der Waals surface area contributed by atoms with E-state index in [0.29, 0.717) is 23.9 Å². The molecule has 0 aromatic carbocycles. The molecule has 0 saturated carbocycles. The van der Waals surface area contributed by atoms with Gasteiger partial charge in [0, 0.05) is 37.5 Å². The minimum absolute atomic E-state index is 0.0251. The number of amides is 1. The van der Waals surface area contributed by atoms with Crippen molar-refractivity contribution in [1.29, 1.82) is 0 Å². The van der Waals surface area contributed by atoms with Crippen LogP contribution in [0.1, 0.15) is 32.1 Å². The third kappa shape index (κ3) is 2.97. The molecule has 0 radical (unpaired) electrons. The van der Waals surface area contributed by atoms with Gasteiger partial charge >= 0.3 is 5.82 Å². The van der Waals surface area contributed by atoms with Crippen LogP contribution in [0, 0.1) is 16.0 Å². The Bertz CT molecular complexity index is 787. The zero-order valence-corrected chi connectivity index (χ0v) is 14.8. The molecule has 8 nitrogen and oxygen atoms in total. The molecule has 25 heavy (non-hydrogen) atoms. The fraction of sp³-hybridized carbons (Fsp3) is 0.625. The number of fused-ring (bicyclic) bond motifs is 1. The summed E-state index contributed by atoms with van der Waals surface area (Å²) in [4.78, 5) is 32.8. The van der Waals surface area contributed by atoms with E-state index >= 15 is 0 Å². The number of likely N-dealkylation sites (tertiary alicyclic amines) is 1. The van der Waals surface area contributed by atoms with Crippen LogP contribution in [0.25, 0.3) is 4.96 Å². The average Bonchev–Trinajstić information content (AvgIpc) is 3.22. The zero-order chi connectivity index (χ0) is 17.4. The van der Waals surface area contributed by atoms with Crippen LogP contribution in [0.4, 0.5) is 11.6 Å². The van der Waals surface area contributed by atoms with Gasteiger partial charge in [-0.05, 0) is 37.0 Å². The first-order valence-electron chi connectivity index (χ1n) is 8.79. The lowest BCUT2D eigenvalue weighted by Gasteiger charge is -2.35. The Labute approximate surface area is 149 Å². The van der Waals surface area contributed by atoms with Crippen molar-refractivity contribution < 1.29 is 9.72 Å². The Morgan fingerprint density at radius 3 is 2.60 bits per heavy atom. The van der Waals surface area contributed by atoms with Crippen molar-refractivity contribution in [2.75, 3.05) is 31.1 Å². The molecule has 2 fully saturated rings. The number of thiazole rings is 1. The van der Waals surface area contributed by atoms with E-state index in [1.54, 1.807) is 11.6 Å². The summed E-state index contributed by atoms with van der Waals surface area (Å²) in [6.45, 7) is 3.02. The highest BCUT2D eigenvalue weighted by molar-refractivity contribution is 7.15. The van der Waals surface area contributed by atoms with Gasteiger partial charge in [-0.2, -0.15) is 9.38 Å². The van der Waals surface area contributed by atoms with Gasteiger partial charge in [-0.3, -0.25) is 4.79 Å². The van der Waals surface area contributed by atoms with Crippen LogP contribution >= 0.6 is 11.3 Å². The summed E-state index contributed by atoms with van der Waals surface area (Å²) in [6, 6.07) is 0. The molecule has 4 rings (SSSR count). The van der Waals surface area contributed by atoms with Crippen LogP contribution < -0.4 is 4.90 Å². The quantitative estimate of drug-likeness (QED) is 0.618. The van der Waals surface area contributed by atoms with Gasteiger partial charge in [0.1, 0.15) is 6.20 Å². The number of hydrogen-bond donors (Lipinski definition) is 0. The Morgan fingerprint density at radius 2 is 1.92 bits per heavy atom. The first-order valence-corrected chi connectivity index (χ1v) is 9.67. The average molecular weight is 363 g/mol. The molecule has 0 N–H and O–H groups in total. The van der Waals surface area contributed by atoms with Crippen molar-refractivity contribution in [3.63, 3.8) is 0 Å². The van der Waals surface area contributed by atoms with Gasteiger partial charge in [-0.1, -0.05) is 11.3 Å². The largest absolute Gasteiger partial charge is 0.373 e. The molecule has 2 aliphatic heterocycles. The Morgan fingerprint density at radius 1 is 1.20 bits per heavy atom. The number of anilines is 1. The monoisotopic (exact) mass is 363 g/mol. The second kappa shape index (κ2) is 6.62. The van der Waals surface area contributed by atoms with Gasteiger partial charge in [-0.15, -0.1) is 0 Å². The predicted octanol–water partition coefficient (Wildman–Crippen LogP) is 2.53. The molecule has 0 unspecified atom stereocenters. The van der Waals surface area contributed by atoms with E-state index in [0.717, 1.165) is 38.8 Å². The maximum Gasteiger partial charge on any atom is 0.373 e. The third-order valence-corrected chi connectivity index (χ3v) is 5.96. The highest BCUT2D eigenvalue weighted by Crippen LogP contribution is 2.33. The van der Waals surface area contributed by atoms with E-state index < -0.39 is 0 Å². The number of hydrogen-bond acceptors (Lipinski definition) is 6. The maximum absolute atomic E-state index is 12.7. The van der Waals surface area contributed by atoms with Crippen molar-refractivity contribution in [2.45, 2.75) is 32.1 Å². The number of carbonyl (C=O) groups excluding carboxylic acids is 1. The zero-order valence-electron chi connectivity index (χ0n) is 14.0. The van der Waals surface area contributed by atoms with Crippen molar-refractivity contribution in [3.8, 4) is 0 Å². The van der Waals surface area contributed by atoms with Gasteiger partial charge in [0.05, 0.1) is 0 Å². The lowest BCUT2D eigenvalue weighted by atomic mass is 9.94. The highest BCUT2D eigenvalue weighted by atomic mass is 32.1. The summed E-state index contributed by atoms with van der Waals surface area (Å²) in [5.74, 6) is 0.759. The van der Waals surface area contributed by atoms with Crippen molar-refractivity contribution in [1.82, 2.24) is 14.3 Å². The van der Waals surface area contributed by atoms with E-state index in [1.807, 2.05) is 9.80 Å². The number of aromatic nitrogens is 2. The fourth-order valence-corrected chi connectivity index (χ4v) is 4.56. The summed E-state index contributed by atoms with van der Waals surface area (Å²) >= 11 is 1.39. The van der Waals surface area contributed by atoms with E-state index in [9.17, 15) is 14.9 Å². The second-order valence-corrected chi connectivity index (χ2v) is 7.59. The molecule has 0 aliphatic carbocycles. The molecule has 2 aromatic rings. The highest BCUT2D eigenvalue weighted by Gasteiger charge is 2.33. The number of imidazole rings is 1. The summed E-state index contributed by atoms with van der Waals surface area (Å²) in [7, 11) is 0. The van der Waals surface area contributed by atoms with Crippen LogP contribution in [-0.4, -0.2) is 51.3 Å². The number of rotatable bonds is 3. The van der Waals surface area contributed by atoms with E-state index in [1.165, 1.54) is 22.2 Å². The lowest BCUT2D eigenvalue weighted by molar-refractivity contribution is -0.389. The summed E-state index contributed by atoms with van der Waals surface area (Å²) in [5, 5.41) is 13.3. The van der Waals surface area contributed by atoms with E-state index in [4.69, 9.17) is 0 Å². The molecular weight excluding hydrogens is 342 g/mol. The minimum atomic E-state index is -0.368. The molecule has 0 atom stereocenters. The van der Waals surface area contributed by atoms with Gasteiger partial charge in [-0.25, -0.2) is 0 Å². The molecule has 2 saturated heterocycles. The van der Waals surface area contributed by atoms with Crippen molar-refractivity contribution in [2.24, 2.45) is 5.92 Å². The van der Waals surface area contributed by atoms with Crippen LogP contribution in [-0.2, 0) is 4.79 Å². The molecule has 4 heterocycles. The normalized spacial score (nSPS) is 19.5. The molecule has 2 aliphatic rings. The van der Waals surface area contributed by atoms with Crippen molar-refractivity contribution >= 4 is 33.8 Å². The summed E-state index contributed by atoms with van der Waals surface area (Å²) < 4.78 is 1.53.